The summed E-state index contributed by atoms with van der Waals surface area (Å²) >= 11 is 0. The Labute approximate surface area is 172 Å². The molecule has 2 heterocycles. The van der Waals surface area contributed by atoms with Crippen molar-refractivity contribution >= 4 is 15.9 Å². The van der Waals surface area contributed by atoms with E-state index >= 15 is 0 Å². The highest BCUT2D eigenvalue weighted by molar-refractivity contribution is 7.89. The highest BCUT2D eigenvalue weighted by atomic mass is 32.2. The molecule has 1 saturated carbocycles. The number of fused-ring (bicyclic) bond motifs is 1. The van der Waals surface area contributed by atoms with Crippen LogP contribution in [0.3, 0.4) is 0 Å². The molecule has 2 fully saturated rings. The lowest BCUT2D eigenvalue weighted by atomic mass is 9.94. The molecule has 1 aliphatic carbocycles. The van der Waals surface area contributed by atoms with Gasteiger partial charge < -0.3 is 14.8 Å². The third-order valence-electron chi connectivity index (χ3n) is 6.09. The number of likely N-dealkylation sites (tertiary alicyclic amines) is 1. The number of nitrogens with zero attached hydrogens (tertiary/aromatic N) is 1. The molecule has 0 radical (unpaired) electrons. The molecule has 29 heavy (non-hydrogen) atoms. The SMILES string of the molecule is CNS(=O)(=O)c1cc2c(c(C(=O)NC3CCN(C4CCCCC4)C3)c1)OCCO2. The standard InChI is InChI=1S/C20H29N3O5S/c1-21-29(25,26)16-11-17(19-18(12-16)27-9-10-28-19)20(24)22-14-7-8-23(13-14)15-5-3-2-4-6-15/h11-12,14-15,21H,2-10,13H2,1H3,(H,22,24). The van der Waals surface area contributed by atoms with Crippen molar-refractivity contribution in [1.82, 2.24) is 14.9 Å². The van der Waals surface area contributed by atoms with Crippen LogP contribution in [0, 0.1) is 0 Å². The van der Waals surface area contributed by atoms with Crippen LogP contribution in [0.2, 0.25) is 0 Å². The molecule has 1 amide bonds. The number of rotatable bonds is 5. The Morgan fingerprint density at radius 1 is 1.10 bits per heavy atom. The predicted molar refractivity (Wildman–Crippen MR) is 108 cm³/mol. The second-order valence-corrected chi connectivity index (χ2v) is 9.83. The smallest absolute Gasteiger partial charge is 0.255 e. The molecule has 160 valence electrons. The van der Waals surface area contributed by atoms with Gasteiger partial charge in [0.1, 0.15) is 13.2 Å². The fourth-order valence-corrected chi connectivity index (χ4v) is 5.29. The topological polar surface area (TPSA) is 97.0 Å². The fourth-order valence-electron chi connectivity index (χ4n) is 4.52. The average molecular weight is 424 g/mol. The molecule has 8 nitrogen and oxygen atoms in total. The Morgan fingerprint density at radius 2 is 1.86 bits per heavy atom. The van der Waals surface area contributed by atoms with Crippen LogP contribution in [-0.2, 0) is 10.0 Å². The van der Waals surface area contributed by atoms with Crippen molar-refractivity contribution in [2.75, 3.05) is 33.4 Å². The average Bonchev–Trinajstić information content (AvgIpc) is 3.22. The van der Waals surface area contributed by atoms with Gasteiger partial charge in [-0.15, -0.1) is 0 Å². The quantitative estimate of drug-likeness (QED) is 0.745. The second-order valence-electron chi connectivity index (χ2n) is 7.95. The Balaban J connectivity index is 1.51. The molecule has 4 rings (SSSR count). The zero-order valence-corrected chi connectivity index (χ0v) is 17.6. The normalized spacial score (nSPS) is 23.1. The fraction of sp³-hybridized carbons (Fsp3) is 0.650. The van der Waals surface area contributed by atoms with Crippen LogP contribution in [0.15, 0.2) is 17.0 Å². The molecule has 2 N–H and O–H groups in total. The lowest BCUT2D eigenvalue weighted by molar-refractivity contribution is 0.0923. The van der Waals surface area contributed by atoms with Gasteiger partial charge in [0.05, 0.1) is 10.5 Å². The van der Waals surface area contributed by atoms with Crippen LogP contribution >= 0.6 is 0 Å². The number of ether oxygens (including phenoxy) is 2. The van der Waals surface area contributed by atoms with Crippen molar-refractivity contribution in [2.24, 2.45) is 0 Å². The van der Waals surface area contributed by atoms with Crippen molar-refractivity contribution < 1.29 is 22.7 Å². The minimum atomic E-state index is -3.71. The number of hydrogen-bond donors (Lipinski definition) is 2. The van der Waals surface area contributed by atoms with E-state index < -0.39 is 10.0 Å². The van der Waals surface area contributed by atoms with E-state index in [4.69, 9.17) is 9.47 Å². The maximum atomic E-state index is 13.0. The van der Waals surface area contributed by atoms with Crippen molar-refractivity contribution in [1.29, 1.82) is 0 Å². The van der Waals surface area contributed by atoms with E-state index in [1.165, 1.54) is 51.3 Å². The van der Waals surface area contributed by atoms with Crippen LogP contribution in [0.1, 0.15) is 48.9 Å². The van der Waals surface area contributed by atoms with E-state index in [1.54, 1.807) is 0 Å². The summed E-state index contributed by atoms with van der Waals surface area (Å²) in [7, 11) is -2.37. The summed E-state index contributed by atoms with van der Waals surface area (Å²) in [6.07, 6.45) is 7.27. The Hall–Kier alpha value is -1.84. The van der Waals surface area contributed by atoms with Crippen LogP contribution in [0.25, 0.3) is 0 Å². The summed E-state index contributed by atoms with van der Waals surface area (Å²) in [5.41, 5.74) is 0.201. The molecule has 3 aliphatic rings. The Bertz CT molecular complexity index is 867. The molecule has 1 saturated heterocycles. The third kappa shape index (κ3) is 4.36. The monoisotopic (exact) mass is 423 g/mol. The number of benzene rings is 1. The predicted octanol–water partition coefficient (Wildman–Crippen LogP) is 1.50. The van der Waals surface area contributed by atoms with E-state index in [0.29, 0.717) is 25.0 Å². The molecule has 0 bridgehead atoms. The van der Waals surface area contributed by atoms with Crippen LogP contribution in [0.5, 0.6) is 11.5 Å². The summed E-state index contributed by atoms with van der Waals surface area (Å²) in [6, 6.07) is 3.44. The van der Waals surface area contributed by atoms with E-state index in [0.717, 1.165) is 19.5 Å². The van der Waals surface area contributed by atoms with Gasteiger partial charge in [-0.1, -0.05) is 19.3 Å². The Kier molecular flexibility index (Phi) is 5.98. The van der Waals surface area contributed by atoms with E-state index in [9.17, 15) is 13.2 Å². The second kappa shape index (κ2) is 8.49. The van der Waals surface area contributed by atoms with Crippen LogP contribution < -0.4 is 19.5 Å². The first kappa shape index (κ1) is 20.4. The first-order chi connectivity index (χ1) is 14.0. The van der Waals surface area contributed by atoms with Gasteiger partial charge in [0.2, 0.25) is 10.0 Å². The number of nitrogens with one attached hydrogen (secondary N) is 2. The van der Waals surface area contributed by atoms with Crippen LogP contribution in [-0.4, -0.2) is 64.7 Å². The van der Waals surface area contributed by atoms with Gasteiger partial charge in [-0.3, -0.25) is 9.69 Å². The van der Waals surface area contributed by atoms with Crippen LogP contribution in [0.4, 0.5) is 0 Å². The molecular formula is C20H29N3O5S. The zero-order valence-electron chi connectivity index (χ0n) is 16.8. The lowest BCUT2D eigenvalue weighted by Gasteiger charge is -2.31. The summed E-state index contributed by atoms with van der Waals surface area (Å²) in [5.74, 6) is 0.273. The van der Waals surface area contributed by atoms with Gasteiger partial charge in [0.25, 0.3) is 5.91 Å². The minimum absolute atomic E-state index is 0.00958. The van der Waals surface area contributed by atoms with Crippen molar-refractivity contribution in [2.45, 2.75) is 55.5 Å². The van der Waals surface area contributed by atoms with Crippen molar-refractivity contribution in [3.63, 3.8) is 0 Å². The third-order valence-corrected chi connectivity index (χ3v) is 7.48. The molecule has 1 unspecified atom stereocenters. The minimum Gasteiger partial charge on any atom is -0.486 e. The first-order valence-electron chi connectivity index (χ1n) is 10.4. The maximum absolute atomic E-state index is 13.0. The zero-order chi connectivity index (χ0) is 20.4. The van der Waals surface area contributed by atoms with Crippen molar-refractivity contribution in [3.05, 3.63) is 17.7 Å². The van der Waals surface area contributed by atoms with Gasteiger partial charge in [-0.25, -0.2) is 13.1 Å². The molecular weight excluding hydrogens is 394 g/mol. The van der Waals surface area contributed by atoms with Gasteiger partial charge in [0, 0.05) is 31.2 Å². The Morgan fingerprint density at radius 3 is 2.62 bits per heavy atom. The number of amides is 1. The number of carbonyl (C=O) groups is 1. The number of sulfonamides is 1. The molecule has 1 atom stereocenters. The van der Waals surface area contributed by atoms with Gasteiger partial charge >= 0.3 is 0 Å². The van der Waals surface area contributed by atoms with Crippen molar-refractivity contribution in [3.8, 4) is 11.5 Å². The number of hydrogen-bond acceptors (Lipinski definition) is 6. The molecule has 1 aromatic rings. The molecule has 0 spiro atoms. The molecule has 0 aromatic heterocycles. The highest BCUT2D eigenvalue weighted by Crippen LogP contribution is 2.37. The van der Waals surface area contributed by atoms with E-state index in [-0.39, 0.29) is 28.2 Å². The number of carbonyl (C=O) groups excluding carboxylic acids is 1. The lowest BCUT2D eigenvalue weighted by Crippen LogP contribution is -2.40. The van der Waals surface area contributed by atoms with E-state index in [1.807, 2.05) is 0 Å². The van der Waals surface area contributed by atoms with E-state index in [2.05, 4.69) is 14.9 Å². The summed E-state index contributed by atoms with van der Waals surface area (Å²) in [5, 5.41) is 3.08. The van der Waals surface area contributed by atoms with Gasteiger partial charge in [0.15, 0.2) is 11.5 Å². The highest BCUT2D eigenvalue weighted by Gasteiger charge is 2.32. The van der Waals surface area contributed by atoms with Gasteiger partial charge in [-0.2, -0.15) is 0 Å². The molecule has 1 aromatic carbocycles. The maximum Gasteiger partial charge on any atom is 0.255 e. The largest absolute Gasteiger partial charge is 0.486 e. The summed E-state index contributed by atoms with van der Waals surface area (Å²) in [4.78, 5) is 15.5. The summed E-state index contributed by atoms with van der Waals surface area (Å²) < 4.78 is 38.0. The molecule has 9 heteroatoms. The van der Waals surface area contributed by atoms with Gasteiger partial charge in [-0.05, 0) is 32.4 Å². The summed E-state index contributed by atoms with van der Waals surface area (Å²) in [6.45, 7) is 2.46. The first-order valence-corrected chi connectivity index (χ1v) is 11.9. The molecule has 2 aliphatic heterocycles.